The Bertz CT molecular complexity index is 1280. The number of nitrogens with one attached hydrogen (secondary N) is 2. The van der Waals surface area contributed by atoms with Gasteiger partial charge in [0.05, 0.1) is 10.5 Å². The molecule has 2 amide bonds. The van der Waals surface area contributed by atoms with Gasteiger partial charge in [0.1, 0.15) is 11.7 Å². The molecular formula is C25H20BrN3O6. The van der Waals surface area contributed by atoms with Crippen LogP contribution < -0.4 is 10.6 Å². The van der Waals surface area contributed by atoms with Gasteiger partial charge in [0.25, 0.3) is 17.5 Å². The fourth-order valence-corrected chi connectivity index (χ4v) is 3.60. The molecule has 0 spiro atoms. The van der Waals surface area contributed by atoms with Crippen molar-refractivity contribution in [2.45, 2.75) is 12.5 Å². The van der Waals surface area contributed by atoms with Gasteiger partial charge in [0.15, 0.2) is 0 Å². The van der Waals surface area contributed by atoms with Crippen LogP contribution in [0.1, 0.15) is 21.5 Å². The van der Waals surface area contributed by atoms with Gasteiger partial charge in [0, 0.05) is 23.0 Å². The molecular weight excluding hydrogens is 518 g/mol. The zero-order chi connectivity index (χ0) is 25.4. The average molecular weight is 538 g/mol. The lowest BCUT2D eigenvalue weighted by molar-refractivity contribution is -0.384. The molecule has 0 saturated carbocycles. The van der Waals surface area contributed by atoms with Crippen LogP contribution in [0.25, 0.3) is 6.08 Å². The van der Waals surface area contributed by atoms with Crippen LogP contribution in [0.5, 0.6) is 0 Å². The smallest absolute Gasteiger partial charge is 0.326 e. The molecule has 10 heteroatoms. The van der Waals surface area contributed by atoms with Crippen molar-refractivity contribution in [3.8, 4) is 0 Å². The Morgan fingerprint density at radius 3 is 2.20 bits per heavy atom. The van der Waals surface area contributed by atoms with Crippen molar-refractivity contribution in [1.29, 1.82) is 0 Å². The zero-order valence-corrected chi connectivity index (χ0v) is 19.8. The summed E-state index contributed by atoms with van der Waals surface area (Å²) in [5.74, 6) is -2.67. The van der Waals surface area contributed by atoms with Crippen molar-refractivity contribution >= 4 is 45.5 Å². The van der Waals surface area contributed by atoms with Crippen LogP contribution in [0.2, 0.25) is 0 Å². The number of carboxylic acids is 1. The molecule has 3 N–H and O–H groups in total. The predicted octanol–water partition coefficient (Wildman–Crippen LogP) is 3.94. The fraction of sp³-hybridized carbons (Fsp3) is 0.0800. The summed E-state index contributed by atoms with van der Waals surface area (Å²) in [6.45, 7) is 0. The monoisotopic (exact) mass is 537 g/mol. The molecule has 0 radical (unpaired) electrons. The fourth-order valence-electron chi connectivity index (χ4n) is 3.14. The van der Waals surface area contributed by atoms with Gasteiger partial charge < -0.3 is 15.7 Å². The number of carbonyl (C=O) groups is 3. The van der Waals surface area contributed by atoms with Crippen LogP contribution in [0.3, 0.4) is 0 Å². The Balaban J connectivity index is 1.90. The van der Waals surface area contributed by atoms with Crippen molar-refractivity contribution in [2.75, 3.05) is 0 Å². The number of nitro groups is 1. The Kier molecular flexibility index (Phi) is 8.47. The minimum absolute atomic E-state index is 0.0326. The van der Waals surface area contributed by atoms with Gasteiger partial charge in [0.2, 0.25) is 0 Å². The van der Waals surface area contributed by atoms with Crippen molar-refractivity contribution in [1.82, 2.24) is 10.6 Å². The first-order chi connectivity index (χ1) is 16.7. The van der Waals surface area contributed by atoms with Gasteiger partial charge >= 0.3 is 5.97 Å². The lowest BCUT2D eigenvalue weighted by atomic mass is 10.1. The summed E-state index contributed by atoms with van der Waals surface area (Å²) in [5, 5.41) is 25.5. The van der Waals surface area contributed by atoms with Gasteiger partial charge in [-0.1, -0.05) is 42.5 Å². The third-order valence-electron chi connectivity index (χ3n) is 4.91. The van der Waals surface area contributed by atoms with Crippen molar-refractivity contribution < 1.29 is 24.4 Å². The Hall–Kier alpha value is -4.31. The summed E-state index contributed by atoms with van der Waals surface area (Å²) in [5.41, 5.74) is 0.994. The number of nitro benzene ring substituents is 1. The number of hydrogen-bond donors (Lipinski definition) is 3. The molecule has 0 unspecified atom stereocenters. The SMILES string of the molecule is O=C(N[C@H](Cc1ccccc1)C(=O)O)/C(=C/c1ccc([N+](=O)[O-])cc1)NC(=O)c1ccccc1Br. The first kappa shape index (κ1) is 25.3. The largest absolute Gasteiger partial charge is 0.480 e. The highest BCUT2D eigenvalue weighted by Crippen LogP contribution is 2.18. The van der Waals surface area contributed by atoms with E-state index in [-0.39, 0.29) is 23.4 Å². The topological polar surface area (TPSA) is 139 Å². The van der Waals surface area contributed by atoms with Crippen LogP contribution in [0.4, 0.5) is 5.69 Å². The normalized spacial score (nSPS) is 11.9. The number of carbonyl (C=O) groups excluding carboxylic acids is 2. The van der Waals surface area contributed by atoms with E-state index in [1.165, 1.54) is 30.3 Å². The van der Waals surface area contributed by atoms with Gasteiger partial charge in [-0.2, -0.15) is 0 Å². The molecule has 9 nitrogen and oxygen atoms in total. The summed E-state index contributed by atoms with van der Waals surface area (Å²) in [6, 6.07) is 19.5. The van der Waals surface area contributed by atoms with E-state index in [9.17, 15) is 29.6 Å². The van der Waals surface area contributed by atoms with E-state index in [0.717, 1.165) is 0 Å². The van der Waals surface area contributed by atoms with Gasteiger partial charge in [-0.05, 0) is 57.4 Å². The van der Waals surface area contributed by atoms with E-state index in [1.807, 2.05) is 0 Å². The summed E-state index contributed by atoms with van der Waals surface area (Å²) in [6.07, 6.45) is 1.35. The molecule has 0 aliphatic heterocycles. The number of rotatable bonds is 9. The first-order valence-corrected chi connectivity index (χ1v) is 11.1. The van der Waals surface area contributed by atoms with E-state index < -0.39 is 28.7 Å². The predicted molar refractivity (Wildman–Crippen MR) is 132 cm³/mol. The van der Waals surface area contributed by atoms with Crippen LogP contribution in [0.15, 0.2) is 89.0 Å². The average Bonchev–Trinajstić information content (AvgIpc) is 2.84. The second-order valence-electron chi connectivity index (χ2n) is 7.39. The molecule has 0 heterocycles. The number of benzene rings is 3. The quantitative estimate of drug-likeness (QED) is 0.214. The highest BCUT2D eigenvalue weighted by Gasteiger charge is 2.24. The van der Waals surface area contributed by atoms with Crippen LogP contribution in [-0.4, -0.2) is 33.9 Å². The molecule has 0 fully saturated rings. The minimum Gasteiger partial charge on any atom is -0.480 e. The molecule has 3 aromatic carbocycles. The first-order valence-electron chi connectivity index (χ1n) is 10.3. The lowest BCUT2D eigenvalue weighted by Gasteiger charge is -2.17. The van der Waals surface area contributed by atoms with Gasteiger partial charge in [-0.3, -0.25) is 19.7 Å². The van der Waals surface area contributed by atoms with Crippen molar-refractivity contribution in [3.63, 3.8) is 0 Å². The molecule has 3 rings (SSSR count). The number of halogens is 1. The second-order valence-corrected chi connectivity index (χ2v) is 8.25. The summed E-state index contributed by atoms with van der Waals surface area (Å²) in [7, 11) is 0. The minimum atomic E-state index is -1.26. The Labute approximate surface area is 208 Å². The molecule has 178 valence electrons. The Morgan fingerprint density at radius 2 is 1.60 bits per heavy atom. The maximum atomic E-state index is 13.1. The maximum absolute atomic E-state index is 13.1. The van der Waals surface area contributed by atoms with E-state index in [2.05, 4.69) is 26.6 Å². The zero-order valence-electron chi connectivity index (χ0n) is 18.2. The number of non-ortho nitro benzene ring substituents is 1. The molecule has 0 aliphatic rings. The summed E-state index contributed by atoms with van der Waals surface area (Å²) >= 11 is 3.29. The molecule has 1 atom stereocenters. The summed E-state index contributed by atoms with van der Waals surface area (Å²) < 4.78 is 0.500. The highest BCUT2D eigenvalue weighted by atomic mass is 79.9. The lowest BCUT2D eigenvalue weighted by Crippen LogP contribution is -2.45. The van der Waals surface area contributed by atoms with Crippen molar-refractivity contribution in [3.05, 3.63) is 116 Å². The van der Waals surface area contributed by atoms with E-state index in [0.29, 0.717) is 15.6 Å². The molecule has 35 heavy (non-hydrogen) atoms. The van der Waals surface area contributed by atoms with Crippen LogP contribution >= 0.6 is 15.9 Å². The second kappa shape index (κ2) is 11.7. The molecule has 0 bridgehead atoms. The maximum Gasteiger partial charge on any atom is 0.326 e. The number of aliphatic carboxylic acids is 1. The van der Waals surface area contributed by atoms with E-state index >= 15 is 0 Å². The van der Waals surface area contributed by atoms with Gasteiger partial charge in [-0.15, -0.1) is 0 Å². The molecule has 0 saturated heterocycles. The number of amides is 2. The van der Waals surface area contributed by atoms with Crippen LogP contribution in [0, 0.1) is 10.1 Å². The third kappa shape index (κ3) is 7.08. The number of carboxylic acid groups (broad SMARTS) is 1. The molecule has 3 aromatic rings. The molecule has 0 aromatic heterocycles. The van der Waals surface area contributed by atoms with Crippen molar-refractivity contribution in [2.24, 2.45) is 0 Å². The number of nitrogens with zero attached hydrogens (tertiary/aromatic N) is 1. The number of hydrogen-bond acceptors (Lipinski definition) is 5. The van der Waals surface area contributed by atoms with E-state index in [1.54, 1.807) is 54.6 Å². The van der Waals surface area contributed by atoms with Crippen LogP contribution in [-0.2, 0) is 16.0 Å². The standard InChI is InChI=1S/C25H20BrN3O6/c26-20-9-5-4-8-19(20)23(30)27-21(14-17-10-12-18(13-11-17)29(34)35)24(31)28-22(25(32)33)15-16-6-2-1-3-7-16/h1-14,22H,15H2,(H,27,30)(H,28,31)(H,32,33)/b21-14-/t22-/m1/s1. The molecule has 0 aliphatic carbocycles. The Morgan fingerprint density at radius 1 is 0.971 bits per heavy atom. The van der Waals surface area contributed by atoms with Gasteiger partial charge in [-0.25, -0.2) is 4.79 Å². The highest BCUT2D eigenvalue weighted by molar-refractivity contribution is 9.10. The summed E-state index contributed by atoms with van der Waals surface area (Å²) in [4.78, 5) is 48.1. The third-order valence-corrected chi connectivity index (χ3v) is 5.60. The van der Waals surface area contributed by atoms with E-state index in [4.69, 9.17) is 0 Å².